The second-order valence-electron chi connectivity index (χ2n) is 5.15. The minimum atomic E-state index is -0.495. The normalized spacial score (nSPS) is 10.3. The second-order valence-corrected chi connectivity index (χ2v) is 6.29. The maximum absolute atomic E-state index is 12.3. The first-order valence-electron chi connectivity index (χ1n) is 7.49. The van der Waals surface area contributed by atoms with Gasteiger partial charge in [-0.15, -0.1) is 11.3 Å². The quantitative estimate of drug-likeness (QED) is 0.713. The Morgan fingerprint density at radius 1 is 1.20 bits per heavy atom. The van der Waals surface area contributed by atoms with Crippen molar-refractivity contribution in [2.45, 2.75) is 6.42 Å². The van der Waals surface area contributed by atoms with Gasteiger partial charge in [-0.05, 0) is 11.6 Å². The zero-order valence-electron chi connectivity index (χ0n) is 13.4. The lowest BCUT2D eigenvalue weighted by Crippen LogP contribution is -2.15. The predicted octanol–water partition coefficient (Wildman–Crippen LogP) is 3.17. The Hall–Kier alpha value is -3.06. The summed E-state index contributed by atoms with van der Waals surface area (Å²) < 4.78 is 4.82. The van der Waals surface area contributed by atoms with E-state index in [-0.39, 0.29) is 5.69 Å². The predicted molar refractivity (Wildman–Crippen MR) is 94.9 cm³/mol. The molecule has 0 saturated carbocycles. The van der Waals surface area contributed by atoms with E-state index in [0.29, 0.717) is 17.0 Å². The number of rotatable bonds is 5. The third kappa shape index (κ3) is 4.07. The first-order chi connectivity index (χ1) is 12.2. The molecule has 0 aliphatic carbocycles. The highest BCUT2D eigenvalue weighted by Crippen LogP contribution is 2.30. The number of benzene rings is 1. The molecular weight excluding hydrogens is 338 g/mol. The van der Waals surface area contributed by atoms with Crippen molar-refractivity contribution < 1.29 is 14.3 Å². The molecule has 0 saturated heterocycles. The van der Waals surface area contributed by atoms with Crippen molar-refractivity contribution >= 4 is 28.2 Å². The van der Waals surface area contributed by atoms with Gasteiger partial charge in [-0.25, -0.2) is 9.78 Å². The molecule has 0 atom stereocenters. The molecule has 6 nitrogen and oxygen atoms in total. The number of esters is 1. The molecule has 3 rings (SSSR count). The zero-order valence-corrected chi connectivity index (χ0v) is 14.2. The van der Waals surface area contributed by atoms with Crippen LogP contribution >= 0.6 is 11.3 Å². The minimum Gasteiger partial charge on any atom is -0.465 e. The van der Waals surface area contributed by atoms with Crippen LogP contribution in [0.3, 0.4) is 0 Å². The average Bonchev–Trinajstić information content (AvgIpc) is 3.04. The highest BCUT2D eigenvalue weighted by atomic mass is 32.1. The Morgan fingerprint density at radius 3 is 2.68 bits per heavy atom. The molecule has 0 bridgehead atoms. The topological polar surface area (TPSA) is 81.2 Å². The van der Waals surface area contributed by atoms with Crippen LogP contribution in [0.25, 0.3) is 0 Å². The van der Waals surface area contributed by atoms with Crippen LogP contribution in [0.5, 0.6) is 0 Å². The third-order valence-electron chi connectivity index (χ3n) is 3.43. The summed E-state index contributed by atoms with van der Waals surface area (Å²) in [4.78, 5) is 33.1. The van der Waals surface area contributed by atoms with Crippen LogP contribution in [0.2, 0.25) is 0 Å². The van der Waals surface area contributed by atoms with Gasteiger partial charge < -0.3 is 10.1 Å². The maximum atomic E-state index is 12.3. The molecule has 2 heterocycles. The van der Waals surface area contributed by atoms with Crippen LogP contribution in [-0.2, 0) is 11.2 Å². The molecule has 7 heteroatoms. The fourth-order valence-electron chi connectivity index (χ4n) is 2.26. The van der Waals surface area contributed by atoms with Crippen LogP contribution in [0.4, 0.5) is 5.00 Å². The smallest absolute Gasteiger partial charge is 0.340 e. The summed E-state index contributed by atoms with van der Waals surface area (Å²) in [6, 6.07) is 11.6. The first kappa shape index (κ1) is 16.8. The summed E-state index contributed by atoms with van der Waals surface area (Å²) in [7, 11) is 1.31. The number of ether oxygens (including phenoxy) is 1. The molecule has 1 N–H and O–H groups in total. The highest BCUT2D eigenvalue weighted by Gasteiger charge is 2.19. The molecule has 126 valence electrons. The van der Waals surface area contributed by atoms with Crippen LogP contribution < -0.4 is 5.32 Å². The minimum absolute atomic E-state index is 0.177. The van der Waals surface area contributed by atoms with Gasteiger partial charge in [-0.3, -0.25) is 9.78 Å². The number of carbonyl (C=O) groups is 2. The van der Waals surface area contributed by atoms with Gasteiger partial charge in [0.15, 0.2) is 0 Å². The van der Waals surface area contributed by atoms with E-state index in [1.807, 2.05) is 30.3 Å². The number of nitrogens with one attached hydrogen (secondary N) is 1. The number of amides is 1. The molecule has 1 aromatic carbocycles. The number of hydrogen-bond acceptors (Lipinski definition) is 6. The Morgan fingerprint density at radius 2 is 2.00 bits per heavy atom. The van der Waals surface area contributed by atoms with Crippen LogP contribution in [0, 0.1) is 0 Å². The van der Waals surface area contributed by atoms with Crippen molar-refractivity contribution in [1.82, 2.24) is 9.97 Å². The van der Waals surface area contributed by atoms with Gasteiger partial charge in [-0.2, -0.15) is 0 Å². The Balaban J connectivity index is 1.86. The molecule has 0 aliphatic rings. The van der Waals surface area contributed by atoms with Crippen molar-refractivity contribution in [3.05, 3.63) is 76.7 Å². The summed E-state index contributed by atoms with van der Waals surface area (Å²) in [6.07, 6.45) is 4.95. The van der Waals surface area contributed by atoms with E-state index in [4.69, 9.17) is 4.74 Å². The Bertz CT molecular complexity index is 879. The maximum Gasteiger partial charge on any atom is 0.340 e. The molecule has 0 radical (unpaired) electrons. The lowest BCUT2D eigenvalue weighted by Gasteiger charge is -2.04. The van der Waals surface area contributed by atoms with Crippen LogP contribution in [-0.4, -0.2) is 29.0 Å². The van der Waals surface area contributed by atoms with E-state index in [1.54, 1.807) is 6.07 Å². The number of aromatic nitrogens is 2. The van der Waals surface area contributed by atoms with Gasteiger partial charge in [0.1, 0.15) is 10.7 Å². The zero-order chi connectivity index (χ0) is 17.6. The van der Waals surface area contributed by atoms with Crippen LogP contribution in [0.15, 0.2) is 55.0 Å². The number of nitrogens with zero attached hydrogens (tertiary/aromatic N) is 2. The second kappa shape index (κ2) is 7.67. The van der Waals surface area contributed by atoms with E-state index in [0.717, 1.165) is 10.4 Å². The Labute approximate surface area is 148 Å². The van der Waals surface area contributed by atoms with Gasteiger partial charge >= 0.3 is 5.97 Å². The summed E-state index contributed by atoms with van der Waals surface area (Å²) in [6.45, 7) is 0. The fourth-order valence-corrected chi connectivity index (χ4v) is 3.34. The lowest BCUT2D eigenvalue weighted by molar-refractivity contribution is 0.0602. The summed E-state index contributed by atoms with van der Waals surface area (Å²) in [5.41, 5.74) is 1.62. The molecule has 0 aliphatic heterocycles. The number of hydrogen-bond donors (Lipinski definition) is 1. The van der Waals surface area contributed by atoms with E-state index < -0.39 is 11.9 Å². The molecule has 1 amide bonds. The summed E-state index contributed by atoms with van der Waals surface area (Å²) in [5.74, 6) is -0.920. The number of anilines is 1. The molecule has 25 heavy (non-hydrogen) atoms. The van der Waals surface area contributed by atoms with Crippen molar-refractivity contribution in [3.8, 4) is 0 Å². The van der Waals surface area contributed by atoms with Gasteiger partial charge in [0.25, 0.3) is 5.91 Å². The summed E-state index contributed by atoms with van der Waals surface area (Å²) >= 11 is 1.34. The average molecular weight is 353 g/mol. The molecular formula is C18H15N3O3S. The molecule has 2 aromatic heterocycles. The van der Waals surface area contributed by atoms with Gasteiger partial charge in [-0.1, -0.05) is 30.3 Å². The molecule has 0 fully saturated rings. The van der Waals surface area contributed by atoms with Gasteiger partial charge in [0, 0.05) is 23.7 Å². The van der Waals surface area contributed by atoms with E-state index >= 15 is 0 Å². The van der Waals surface area contributed by atoms with E-state index in [9.17, 15) is 9.59 Å². The highest BCUT2D eigenvalue weighted by molar-refractivity contribution is 7.16. The molecule has 0 unspecified atom stereocenters. The monoisotopic (exact) mass is 353 g/mol. The third-order valence-corrected chi connectivity index (χ3v) is 4.48. The number of carbonyl (C=O) groups excluding carboxylic acids is 2. The fraction of sp³-hybridized carbons (Fsp3) is 0.111. The van der Waals surface area contributed by atoms with Gasteiger partial charge in [0.2, 0.25) is 0 Å². The SMILES string of the molecule is COC(=O)c1cc(Cc2ccccc2)sc1NC(=O)c1cnccn1. The van der Waals surface area contributed by atoms with Crippen molar-refractivity contribution in [2.24, 2.45) is 0 Å². The number of thiophene rings is 1. The number of methoxy groups -OCH3 is 1. The lowest BCUT2D eigenvalue weighted by atomic mass is 10.1. The van der Waals surface area contributed by atoms with E-state index in [2.05, 4.69) is 15.3 Å². The largest absolute Gasteiger partial charge is 0.465 e. The summed E-state index contributed by atoms with van der Waals surface area (Å²) in [5, 5.41) is 3.16. The van der Waals surface area contributed by atoms with Crippen molar-refractivity contribution in [1.29, 1.82) is 0 Å². The van der Waals surface area contributed by atoms with Crippen molar-refractivity contribution in [2.75, 3.05) is 12.4 Å². The standard InChI is InChI=1S/C18H15N3O3S/c1-24-18(23)14-10-13(9-12-5-3-2-4-6-12)25-17(14)21-16(22)15-11-19-7-8-20-15/h2-8,10-11H,9H2,1H3,(H,21,22). The first-order valence-corrected chi connectivity index (χ1v) is 8.31. The molecule has 0 spiro atoms. The van der Waals surface area contributed by atoms with E-state index in [1.165, 1.54) is 37.0 Å². The van der Waals surface area contributed by atoms with Crippen molar-refractivity contribution in [3.63, 3.8) is 0 Å². The Kier molecular flexibility index (Phi) is 5.15. The molecule has 3 aromatic rings. The van der Waals surface area contributed by atoms with Crippen LogP contribution in [0.1, 0.15) is 31.3 Å². The van der Waals surface area contributed by atoms with Gasteiger partial charge in [0.05, 0.1) is 18.9 Å².